The Morgan fingerprint density at radius 3 is 2.70 bits per heavy atom. The van der Waals surface area contributed by atoms with Crippen LogP contribution in [-0.4, -0.2) is 22.6 Å². The summed E-state index contributed by atoms with van der Waals surface area (Å²) in [6.07, 6.45) is 1.98. The van der Waals surface area contributed by atoms with Crippen LogP contribution in [0.4, 0.5) is 4.39 Å². The van der Waals surface area contributed by atoms with Crippen molar-refractivity contribution >= 4 is 7.85 Å². The van der Waals surface area contributed by atoms with Crippen molar-refractivity contribution in [3.8, 4) is 0 Å². The van der Waals surface area contributed by atoms with E-state index in [1.807, 2.05) is 35.0 Å². The molecule has 3 unspecified atom stereocenters. The van der Waals surface area contributed by atoms with Gasteiger partial charge in [-0.25, -0.2) is 14.1 Å². The zero-order valence-corrected chi connectivity index (χ0v) is 11.5. The molecule has 2 aromatic rings. The first-order valence-corrected chi connectivity index (χ1v) is 7.39. The van der Waals surface area contributed by atoms with Crippen LogP contribution in [0.15, 0.2) is 30.3 Å². The van der Waals surface area contributed by atoms with Crippen LogP contribution in [-0.2, 0) is 0 Å². The molecule has 20 heavy (non-hydrogen) atoms. The molecule has 0 saturated heterocycles. The topological polar surface area (TPSA) is 30.7 Å². The van der Waals surface area contributed by atoms with Crippen LogP contribution in [0.2, 0.25) is 0 Å². The molecule has 1 saturated carbocycles. The van der Waals surface area contributed by atoms with Crippen molar-refractivity contribution in [2.24, 2.45) is 5.92 Å². The molecule has 1 aromatic heterocycles. The first-order valence-electron chi connectivity index (χ1n) is 7.39. The van der Waals surface area contributed by atoms with Crippen LogP contribution in [0.25, 0.3) is 0 Å². The zero-order valence-electron chi connectivity index (χ0n) is 11.5. The number of fused-ring (bicyclic) bond motifs is 1. The average Bonchev–Trinajstić information content (AvgIpc) is 3.15. The van der Waals surface area contributed by atoms with Gasteiger partial charge in [-0.3, -0.25) is 0 Å². The SMILES string of the molecule is BC(c1nc2n(n1)C(c1ccccc1)CC2F)C1CC1. The van der Waals surface area contributed by atoms with Crippen molar-refractivity contribution < 1.29 is 4.39 Å². The number of hydrogen-bond donors (Lipinski definition) is 0. The minimum atomic E-state index is -0.993. The van der Waals surface area contributed by atoms with E-state index >= 15 is 0 Å². The van der Waals surface area contributed by atoms with Gasteiger partial charge in [0.05, 0.1) is 6.04 Å². The lowest BCUT2D eigenvalue weighted by atomic mass is 9.82. The van der Waals surface area contributed by atoms with Crippen molar-refractivity contribution in [2.45, 2.75) is 37.3 Å². The van der Waals surface area contributed by atoms with Gasteiger partial charge in [-0.2, -0.15) is 5.10 Å². The van der Waals surface area contributed by atoms with Crippen molar-refractivity contribution in [3.05, 3.63) is 47.5 Å². The summed E-state index contributed by atoms with van der Waals surface area (Å²) in [6, 6.07) is 10.0. The lowest BCUT2D eigenvalue weighted by Gasteiger charge is -2.12. The Bertz CT molecular complexity index is 623. The molecule has 1 aromatic carbocycles. The van der Waals surface area contributed by atoms with Crippen LogP contribution < -0.4 is 0 Å². The summed E-state index contributed by atoms with van der Waals surface area (Å²) >= 11 is 0. The van der Waals surface area contributed by atoms with E-state index in [9.17, 15) is 4.39 Å². The van der Waals surface area contributed by atoms with E-state index in [1.165, 1.54) is 12.8 Å². The van der Waals surface area contributed by atoms with Crippen LogP contribution in [0.3, 0.4) is 0 Å². The highest BCUT2D eigenvalue weighted by Crippen LogP contribution is 2.43. The van der Waals surface area contributed by atoms with Crippen molar-refractivity contribution in [1.82, 2.24) is 14.8 Å². The molecule has 102 valence electrons. The van der Waals surface area contributed by atoms with Crippen molar-refractivity contribution in [1.29, 1.82) is 0 Å². The van der Waals surface area contributed by atoms with Gasteiger partial charge < -0.3 is 0 Å². The van der Waals surface area contributed by atoms with Gasteiger partial charge in [0.1, 0.15) is 13.7 Å². The van der Waals surface area contributed by atoms with Gasteiger partial charge in [0.25, 0.3) is 0 Å². The van der Waals surface area contributed by atoms with E-state index < -0.39 is 6.17 Å². The van der Waals surface area contributed by atoms with E-state index in [1.54, 1.807) is 0 Å². The minimum absolute atomic E-state index is 0.00569. The summed E-state index contributed by atoms with van der Waals surface area (Å²) in [5.74, 6) is 2.40. The maximum Gasteiger partial charge on any atom is 0.162 e. The Hall–Kier alpha value is -1.65. The van der Waals surface area contributed by atoms with E-state index in [0.29, 0.717) is 24.0 Å². The predicted molar refractivity (Wildman–Crippen MR) is 77.1 cm³/mol. The Labute approximate surface area is 118 Å². The number of halogens is 1. The largest absolute Gasteiger partial charge is 0.239 e. The molecule has 1 aliphatic heterocycles. The molecule has 2 heterocycles. The first-order chi connectivity index (χ1) is 9.74. The normalized spacial score (nSPS) is 26.4. The number of hydrogen-bond acceptors (Lipinski definition) is 2. The second-order valence-corrected chi connectivity index (χ2v) is 6.03. The maximum absolute atomic E-state index is 14.2. The molecule has 1 fully saturated rings. The van der Waals surface area contributed by atoms with Gasteiger partial charge >= 0.3 is 0 Å². The predicted octanol–water partition coefficient (Wildman–Crippen LogP) is 2.37. The first kappa shape index (κ1) is 12.1. The highest BCUT2D eigenvalue weighted by molar-refractivity contribution is 6.12. The number of alkyl halides is 1. The van der Waals surface area contributed by atoms with Gasteiger partial charge in [0.15, 0.2) is 12.0 Å². The van der Waals surface area contributed by atoms with Crippen molar-refractivity contribution in [2.75, 3.05) is 0 Å². The summed E-state index contributed by atoms with van der Waals surface area (Å²) in [5, 5.41) is 4.63. The third-order valence-corrected chi connectivity index (χ3v) is 4.60. The summed E-state index contributed by atoms with van der Waals surface area (Å²) in [7, 11) is 2.16. The molecule has 3 nitrogen and oxygen atoms in total. The van der Waals surface area contributed by atoms with Gasteiger partial charge in [-0.15, -0.1) is 0 Å². The third-order valence-electron chi connectivity index (χ3n) is 4.60. The second-order valence-electron chi connectivity index (χ2n) is 6.03. The fourth-order valence-electron chi connectivity index (χ4n) is 3.15. The van der Waals surface area contributed by atoms with Crippen molar-refractivity contribution in [3.63, 3.8) is 0 Å². The smallest absolute Gasteiger partial charge is 0.162 e. The second kappa shape index (κ2) is 4.43. The highest BCUT2D eigenvalue weighted by Gasteiger charge is 2.38. The monoisotopic (exact) mass is 269 g/mol. The lowest BCUT2D eigenvalue weighted by molar-refractivity contribution is 0.327. The Balaban J connectivity index is 1.71. The third kappa shape index (κ3) is 1.87. The molecule has 4 rings (SSSR count). The number of rotatable bonds is 3. The Morgan fingerprint density at radius 1 is 1.25 bits per heavy atom. The summed E-state index contributed by atoms with van der Waals surface area (Å²) in [4.78, 5) is 4.49. The zero-order chi connectivity index (χ0) is 13.7. The minimum Gasteiger partial charge on any atom is -0.239 e. The van der Waals surface area contributed by atoms with Gasteiger partial charge in [-0.05, 0) is 17.3 Å². The van der Waals surface area contributed by atoms with E-state index in [2.05, 4.69) is 17.9 Å². The lowest BCUT2D eigenvalue weighted by Crippen LogP contribution is -2.10. The van der Waals surface area contributed by atoms with Gasteiger partial charge in [0, 0.05) is 6.42 Å². The molecule has 0 radical (unpaired) electrons. The molecular weight excluding hydrogens is 252 g/mol. The molecule has 0 N–H and O–H groups in total. The molecule has 0 amide bonds. The molecule has 5 heteroatoms. The number of aromatic nitrogens is 3. The van der Waals surface area contributed by atoms with Crippen LogP contribution in [0, 0.1) is 5.92 Å². The standard InChI is InChI=1S/C15H17BFN3/c16-13(10-6-7-10)14-18-15-11(17)8-12(20(15)19-14)9-4-2-1-3-5-9/h1-5,10-13H,6-8,16H2. The highest BCUT2D eigenvalue weighted by atomic mass is 19.1. The quantitative estimate of drug-likeness (QED) is 0.801. The molecule has 1 aliphatic carbocycles. The van der Waals surface area contributed by atoms with E-state index in [4.69, 9.17) is 0 Å². The van der Waals surface area contributed by atoms with Crippen LogP contribution in [0.5, 0.6) is 0 Å². The Kier molecular flexibility index (Phi) is 2.69. The van der Waals surface area contributed by atoms with Crippen LogP contribution in [0.1, 0.15) is 54.5 Å². The molecule has 3 atom stereocenters. The average molecular weight is 269 g/mol. The molecule has 0 bridgehead atoms. The summed E-state index contributed by atoms with van der Waals surface area (Å²) in [6.45, 7) is 0. The fraction of sp³-hybridized carbons (Fsp3) is 0.467. The Morgan fingerprint density at radius 2 is 2.00 bits per heavy atom. The molecule has 2 aliphatic rings. The number of nitrogens with zero attached hydrogens (tertiary/aromatic N) is 3. The van der Waals surface area contributed by atoms with Gasteiger partial charge in [-0.1, -0.05) is 43.2 Å². The number of benzene rings is 1. The van der Waals surface area contributed by atoms with E-state index in [0.717, 1.165) is 11.4 Å². The molecule has 0 spiro atoms. The van der Waals surface area contributed by atoms with Gasteiger partial charge in [0.2, 0.25) is 0 Å². The summed E-state index contributed by atoms with van der Waals surface area (Å²) < 4.78 is 16.0. The maximum atomic E-state index is 14.2. The fourth-order valence-corrected chi connectivity index (χ4v) is 3.15. The molecular formula is C15H17BFN3. The summed E-state index contributed by atoms with van der Waals surface area (Å²) in [5.41, 5.74) is 1.12. The van der Waals surface area contributed by atoms with E-state index in [-0.39, 0.29) is 6.04 Å². The van der Waals surface area contributed by atoms with Crippen LogP contribution >= 0.6 is 0 Å².